The SMILES string of the molecule is Cn1nc(-c2cc3ccccc3o2)nc1N1CCCCC1. The maximum absolute atomic E-state index is 5.85. The predicted octanol–water partition coefficient (Wildman–Crippen LogP) is 3.22. The zero-order chi connectivity index (χ0) is 14.2. The lowest BCUT2D eigenvalue weighted by atomic mass is 10.1. The first kappa shape index (κ1) is 12.4. The molecule has 1 fully saturated rings. The van der Waals surface area contributed by atoms with Crippen molar-refractivity contribution >= 4 is 16.9 Å². The monoisotopic (exact) mass is 282 g/mol. The number of piperidine rings is 1. The summed E-state index contributed by atoms with van der Waals surface area (Å²) in [4.78, 5) is 6.99. The van der Waals surface area contributed by atoms with E-state index in [-0.39, 0.29) is 0 Å². The molecular weight excluding hydrogens is 264 g/mol. The molecule has 0 N–H and O–H groups in total. The van der Waals surface area contributed by atoms with Crippen LogP contribution in [0.4, 0.5) is 5.95 Å². The standard InChI is InChI=1S/C16H18N4O/c1-19-16(20-9-5-2-6-10-20)17-15(18-19)14-11-12-7-3-4-8-13(12)21-14/h3-4,7-8,11H,2,5-6,9-10H2,1H3. The molecule has 0 atom stereocenters. The average molecular weight is 282 g/mol. The number of anilines is 1. The summed E-state index contributed by atoms with van der Waals surface area (Å²) in [6.07, 6.45) is 3.77. The fraction of sp³-hybridized carbons (Fsp3) is 0.375. The second kappa shape index (κ2) is 4.91. The predicted molar refractivity (Wildman–Crippen MR) is 82.3 cm³/mol. The number of aromatic nitrogens is 3. The number of hydrogen-bond donors (Lipinski definition) is 0. The van der Waals surface area contributed by atoms with Crippen molar-refractivity contribution in [3.63, 3.8) is 0 Å². The highest BCUT2D eigenvalue weighted by Crippen LogP contribution is 2.27. The van der Waals surface area contributed by atoms with Crippen LogP contribution >= 0.6 is 0 Å². The fourth-order valence-electron chi connectivity index (χ4n) is 2.94. The lowest BCUT2D eigenvalue weighted by Gasteiger charge is -2.26. The Morgan fingerprint density at radius 3 is 2.71 bits per heavy atom. The first-order chi connectivity index (χ1) is 10.3. The van der Waals surface area contributed by atoms with Gasteiger partial charge in [0.2, 0.25) is 11.8 Å². The Kier molecular flexibility index (Phi) is 2.91. The molecule has 5 nitrogen and oxygen atoms in total. The topological polar surface area (TPSA) is 47.1 Å². The second-order valence-electron chi connectivity index (χ2n) is 5.56. The van der Waals surface area contributed by atoms with Crippen LogP contribution in [0.3, 0.4) is 0 Å². The Morgan fingerprint density at radius 2 is 1.90 bits per heavy atom. The van der Waals surface area contributed by atoms with E-state index in [9.17, 15) is 0 Å². The van der Waals surface area contributed by atoms with Gasteiger partial charge in [0.15, 0.2) is 5.76 Å². The van der Waals surface area contributed by atoms with E-state index in [4.69, 9.17) is 4.42 Å². The zero-order valence-corrected chi connectivity index (χ0v) is 12.1. The summed E-state index contributed by atoms with van der Waals surface area (Å²) < 4.78 is 7.71. The van der Waals surface area contributed by atoms with E-state index in [0.717, 1.165) is 35.8 Å². The van der Waals surface area contributed by atoms with Crippen LogP contribution in [0.5, 0.6) is 0 Å². The van der Waals surface area contributed by atoms with Gasteiger partial charge in [-0.1, -0.05) is 18.2 Å². The van der Waals surface area contributed by atoms with E-state index in [1.54, 1.807) is 0 Å². The van der Waals surface area contributed by atoms with Crippen molar-refractivity contribution in [1.82, 2.24) is 14.8 Å². The van der Waals surface area contributed by atoms with Gasteiger partial charge in [-0.15, -0.1) is 5.10 Å². The van der Waals surface area contributed by atoms with Gasteiger partial charge in [-0.05, 0) is 31.4 Å². The highest BCUT2D eigenvalue weighted by Gasteiger charge is 2.19. The maximum Gasteiger partial charge on any atom is 0.224 e. The van der Waals surface area contributed by atoms with Gasteiger partial charge in [0.1, 0.15) is 5.58 Å². The van der Waals surface area contributed by atoms with E-state index in [1.165, 1.54) is 19.3 Å². The molecule has 0 bridgehead atoms. The molecule has 0 radical (unpaired) electrons. The highest BCUT2D eigenvalue weighted by molar-refractivity contribution is 5.81. The Bertz CT molecular complexity index is 735. The third-order valence-corrected chi connectivity index (χ3v) is 4.02. The van der Waals surface area contributed by atoms with Crippen LogP contribution in [0, 0.1) is 0 Å². The average Bonchev–Trinajstić information content (AvgIpc) is 3.11. The minimum absolute atomic E-state index is 0.661. The van der Waals surface area contributed by atoms with Gasteiger partial charge in [0, 0.05) is 25.5 Å². The zero-order valence-electron chi connectivity index (χ0n) is 12.1. The molecule has 21 heavy (non-hydrogen) atoms. The molecule has 3 aromatic rings. The van der Waals surface area contributed by atoms with Crippen LogP contribution in [0.25, 0.3) is 22.6 Å². The number of para-hydroxylation sites is 1. The number of hydrogen-bond acceptors (Lipinski definition) is 4. The third kappa shape index (κ3) is 2.18. The Morgan fingerprint density at radius 1 is 1.10 bits per heavy atom. The van der Waals surface area contributed by atoms with Crippen molar-refractivity contribution in [3.05, 3.63) is 30.3 Å². The van der Waals surface area contributed by atoms with Gasteiger partial charge in [-0.3, -0.25) is 0 Å². The van der Waals surface area contributed by atoms with Crippen molar-refractivity contribution in [3.8, 4) is 11.6 Å². The first-order valence-electron chi connectivity index (χ1n) is 7.46. The Balaban J connectivity index is 1.72. The molecule has 0 spiro atoms. The van der Waals surface area contributed by atoms with Gasteiger partial charge in [0.05, 0.1) is 0 Å². The molecule has 1 saturated heterocycles. The molecule has 0 amide bonds. The number of benzene rings is 1. The van der Waals surface area contributed by atoms with Gasteiger partial charge in [-0.2, -0.15) is 4.98 Å². The third-order valence-electron chi connectivity index (χ3n) is 4.02. The van der Waals surface area contributed by atoms with Crippen molar-refractivity contribution < 1.29 is 4.42 Å². The molecule has 0 aliphatic carbocycles. The van der Waals surface area contributed by atoms with E-state index in [0.29, 0.717) is 5.82 Å². The minimum Gasteiger partial charge on any atom is -0.453 e. The molecule has 5 heteroatoms. The van der Waals surface area contributed by atoms with E-state index in [2.05, 4.69) is 15.0 Å². The molecule has 1 aliphatic rings. The molecule has 3 heterocycles. The summed E-state index contributed by atoms with van der Waals surface area (Å²) in [6, 6.07) is 9.99. The number of fused-ring (bicyclic) bond motifs is 1. The van der Waals surface area contributed by atoms with Crippen molar-refractivity contribution in [2.75, 3.05) is 18.0 Å². The van der Waals surface area contributed by atoms with Crippen LogP contribution in [0.15, 0.2) is 34.7 Å². The summed E-state index contributed by atoms with van der Waals surface area (Å²) in [7, 11) is 1.95. The minimum atomic E-state index is 0.661. The van der Waals surface area contributed by atoms with Crippen LogP contribution in [-0.4, -0.2) is 27.9 Å². The largest absolute Gasteiger partial charge is 0.453 e. The van der Waals surface area contributed by atoms with E-state index >= 15 is 0 Å². The first-order valence-corrected chi connectivity index (χ1v) is 7.46. The molecule has 4 rings (SSSR count). The van der Waals surface area contributed by atoms with Crippen molar-refractivity contribution in [2.24, 2.45) is 7.05 Å². The van der Waals surface area contributed by atoms with Gasteiger partial charge >= 0.3 is 0 Å². The second-order valence-corrected chi connectivity index (χ2v) is 5.56. The lowest BCUT2D eigenvalue weighted by molar-refractivity contribution is 0.557. The number of nitrogens with zero attached hydrogens (tertiary/aromatic N) is 4. The summed E-state index contributed by atoms with van der Waals surface area (Å²) in [6.45, 7) is 2.12. The molecule has 1 aliphatic heterocycles. The van der Waals surface area contributed by atoms with Crippen molar-refractivity contribution in [1.29, 1.82) is 0 Å². The summed E-state index contributed by atoms with van der Waals surface area (Å²) in [5.41, 5.74) is 0.875. The fourth-order valence-corrected chi connectivity index (χ4v) is 2.94. The van der Waals surface area contributed by atoms with Crippen LogP contribution in [0.1, 0.15) is 19.3 Å². The smallest absolute Gasteiger partial charge is 0.224 e. The van der Waals surface area contributed by atoms with Gasteiger partial charge < -0.3 is 9.32 Å². The summed E-state index contributed by atoms with van der Waals surface area (Å²) in [5.74, 6) is 2.33. The number of aryl methyl sites for hydroxylation is 1. The summed E-state index contributed by atoms with van der Waals surface area (Å²) in [5, 5.41) is 5.60. The highest BCUT2D eigenvalue weighted by atomic mass is 16.3. The Labute approximate surface area is 123 Å². The molecule has 2 aromatic heterocycles. The van der Waals surface area contributed by atoms with Gasteiger partial charge in [-0.25, -0.2) is 4.68 Å². The van der Waals surface area contributed by atoms with E-state index in [1.807, 2.05) is 42.1 Å². The van der Waals surface area contributed by atoms with Crippen LogP contribution in [-0.2, 0) is 7.05 Å². The quantitative estimate of drug-likeness (QED) is 0.724. The Hall–Kier alpha value is -2.30. The van der Waals surface area contributed by atoms with Gasteiger partial charge in [0.25, 0.3) is 0 Å². The normalized spacial score (nSPS) is 15.8. The molecule has 1 aromatic carbocycles. The molecular formula is C16H18N4O. The van der Waals surface area contributed by atoms with Crippen molar-refractivity contribution in [2.45, 2.75) is 19.3 Å². The van der Waals surface area contributed by atoms with Crippen LogP contribution in [0.2, 0.25) is 0 Å². The summed E-state index contributed by atoms with van der Waals surface area (Å²) >= 11 is 0. The van der Waals surface area contributed by atoms with Crippen LogP contribution < -0.4 is 4.90 Å². The number of furan rings is 1. The number of rotatable bonds is 2. The molecule has 0 saturated carbocycles. The molecule has 0 unspecified atom stereocenters. The maximum atomic E-state index is 5.85. The lowest BCUT2D eigenvalue weighted by Crippen LogP contribution is -2.31. The van der Waals surface area contributed by atoms with E-state index < -0.39 is 0 Å². The molecule has 108 valence electrons.